The summed E-state index contributed by atoms with van der Waals surface area (Å²) in [6, 6.07) is 13.0. The number of H-pyrrole nitrogens is 1. The number of nitrogens with one attached hydrogen (secondary N) is 1. The molecule has 0 aliphatic carbocycles. The van der Waals surface area contributed by atoms with Crippen LogP contribution < -0.4 is 9.47 Å². The van der Waals surface area contributed by atoms with Gasteiger partial charge < -0.3 is 14.5 Å². The van der Waals surface area contributed by atoms with Gasteiger partial charge in [0.15, 0.2) is 11.5 Å². The Morgan fingerprint density at radius 3 is 2.50 bits per heavy atom. The van der Waals surface area contributed by atoms with Crippen molar-refractivity contribution in [3.63, 3.8) is 0 Å². The third kappa shape index (κ3) is 2.55. The summed E-state index contributed by atoms with van der Waals surface area (Å²) in [5.41, 5.74) is 3.64. The summed E-state index contributed by atoms with van der Waals surface area (Å²) in [5, 5.41) is 1.03. The summed E-state index contributed by atoms with van der Waals surface area (Å²) < 4.78 is 10.6. The second-order valence-electron chi connectivity index (χ2n) is 5.27. The molecule has 0 saturated heterocycles. The minimum Gasteiger partial charge on any atom is -0.493 e. The lowest BCUT2D eigenvalue weighted by Crippen LogP contribution is -2.09. The molecular formula is C18H17NO3. The Labute approximate surface area is 128 Å². The van der Waals surface area contributed by atoms with Crippen LogP contribution in [0.25, 0.3) is 10.9 Å². The first-order valence-electron chi connectivity index (χ1n) is 7.03. The van der Waals surface area contributed by atoms with E-state index < -0.39 is 5.97 Å². The highest BCUT2D eigenvalue weighted by atomic mass is 16.6. The lowest BCUT2D eigenvalue weighted by molar-refractivity contribution is 0.0724. The van der Waals surface area contributed by atoms with Crippen molar-refractivity contribution >= 4 is 16.9 Å². The smallest absolute Gasteiger partial charge is 0.360 e. The minimum absolute atomic E-state index is 0.404. The Bertz CT molecular complexity index is 849. The first-order valence-corrected chi connectivity index (χ1v) is 7.03. The molecule has 0 bridgehead atoms. The quantitative estimate of drug-likeness (QED) is 0.586. The minimum atomic E-state index is -0.433. The van der Waals surface area contributed by atoms with Gasteiger partial charge in [-0.3, -0.25) is 0 Å². The molecule has 3 rings (SSSR count). The number of methoxy groups -OCH3 is 1. The Kier molecular flexibility index (Phi) is 3.59. The van der Waals surface area contributed by atoms with Crippen LogP contribution in [0.4, 0.5) is 0 Å². The first-order chi connectivity index (χ1) is 10.6. The molecule has 4 heteroatoms. The number of aromatic amines is 1. The average Bonchev–Trinajstić information content (AvgIpc) is 2.92. The van der Waals surface area contributed by atoms with Gasteiger partial charge in [-0.05, 0) is 49.2 Å². The number of aryl methyl sites for hydroxylation is 2. The number of rotatable bonds is 3. The normalized spacial score (nSPS) is 10.7. The summed E-state index contributed by atoms with van der Waals surface area (Å²) in [5.74, 6) is 0.498. The van der Waals surface area contributed by atoms with Gasteiger partial charge in [0.1, 0.15) is 5.69 Å². The van der Waals surface area contributed by atoms with Gasteiger partial charge in [0.25, 0.3) is 0 Å². The maximum atomic E-state index is 12.3. The third-order valence-corrected chi connectivity index (χ3v) is 3.58. The van der Waals surface area contributed by atoms with Crippen molar-refractivity contribution in [3.05, 3.63) is 59.3 Å². The molecule has 22 heavy (non-hydrogen) atoms. The molecule has 0 radical (unpaired) electrons. The van der Waals surface area contributed by atoms with Crippen LogP contribution >= 0.6 is 0 Å². The molecular weight excluding hydrogens is 278 g/mol. The van der Waals surface area contributed by atoms with E-state index in [1.54, 1.807) is 25.3 Å². The second kappa shape index (κ2) is 5.56. The van der Waals surface area contributed by atoms with Gasteiger partial charge in [0, 0.05) is 10.9 Å². The van der Waals surface area contributed by atoms with Crippen molar-refractivity contribution in [1.29, 1.82) is 0 Å². The lowest BCUT2D eigenvalue weighted by atomic mass is 10.1. The predicted octanol–water partition coefficient (Wildman–Crippen LogP) is 4.01. The summed E-state index contributed by atoms with van der Waals surface area (Å²) in [6.45, 7) is 4.05. The van der Waals surface area contributed by atoms with Crippen LogP contribution in [0, 0.1) is 13.8 Å². The SMILES string of the molecule is COc1ccccc1OC(=O)c1cc2c(C)cc(C)cc2[nH]1. The number of aromatic nitrogens is 1. The first kappa shape index (κ1) is 14.2. The zero-order valence-corrected chi connectivity index (χ0v) is 12.8. The predicted molar refractivity (Wildman–Crippen MR) is 85.7 cm³/mol. The van der Waals surface area contributed by atoms with E-state index in [0.717, 1.165) is 22.0 Å². The molecule has 0 aliphatic rings. The van der Waals surface area contributed by atoms with Gasteiger partial charge in [-0.25, -0.2) is 4.79 Å². The van der Waals surface area contributed by atoms with E-state index in [1.807, 2.05) is 32.0 Å². The van der Waals surface area contributed by atoms with Crippen molar-refractivity contribution < 1.29 is 14.3 Å². The van der Waals surface area contributed by atoms with Crippen molar-refractivity contribution in [2.24, 2.45) is 0 Å². The van der Waals surface area contributed by atoms with Crippen LogP contribution in [0.5, 0.6) is 11.5 Å². The van der Waals surface area contributed by atoms with Gasteiger partial charge in [0.2, 0.25) is 0 Å². The number of para-hydroxylation sites is 2. The highest BCUT2D eigenvalue weighted by molar-refractivity contribution is 5.97. The summed E-state index contributed by atoms with van der Waals surface area (Å²) in [6.07, 6.45) is 0. The fourth-order valence-corrected chi connectivity index (χ4v) is 2.57. The highest BCUT2D eigenvalue weighted by Crippen LogP contribution is 2.27. The van der Waals surface area contributed by atoms with Crippen molar-refractivity contribution in [2.45, 2.75) is 13.8 Å². The maximum absolute atomic E-state index is 12.3. The number of ether oxygens (including phenoxy) is 2. The van der Waals surface area contributed by atoms with Crippen LogP contribution in [0.2, 0.25) is 0 Å². The molecule has 4 nitrogen and oxygen atoms in total. The van der Waals surface area contributed by atoms with Crippen LogP contribution in [0.3, 0.4) is 0 Å². The Morgan fingerprint density at radius 2 is 1.77 bits per heavy atom. The summed E-state index contributed by atoms with van der Waals surface area (Å²) in [4.78, 5) is 15.5. The van der Waals surface area contributed by atoms with E-state index in [0.29, 0.717) is 17.2 Å². The second-order valence-corrected chi connectivity index (χ2v) is 5.27. The van der Waals surface area contributed by atoms with E-state index in [9.17, 15) is 4.79 Å². The Hall–Kier alpha value is -2.75. The van der Waals surface area contributed by atoms with Crippen LogP contribution in [0.15, 0.2) is 42.5 Å². The van der Waals surface area contributed by atoms with E-state index in [4.69, 9.17) is 9.47 Å². The molecule has 112 valence electrons. The molecule has 1 aromatic heterocycles. The summed E-state index contributed by atoms with van der Waals surface area (Å²) in [7, 11) is 1.54. The molecule has 1 N–H and O–H groups in total. The fourth-order valence-electron chi connectivity index (χ4n) is 2.57. The van der Waals surface area contributed by atoms with Crippen molar-refractivity contribution in [1.82, 2.24) is 4.98 Å². The lowest BCUT2D eigenvalue weighted by Gasteiger charge is -2.07. The van der Waals surface area contributed by atoms with Gasteiger partial charge >= 0.3 is 5.97 Å². The van der Waals surface area contributed by atoms with Crippen LogP contribution in [0.1, 0.15) is 21.6 Å². The zero-order chi connectivity index (χ0) is 15.7. The molecule has 0 spiro atoms. The largest absolute Gasteiger partial charge is 0.493 e. The number of carbonyl (C=O) groups excluding carboxylic acids is 1. The van der Waals surface area contributed by atoms with Crippen molar-refractivity contribution in [3.8, 4) is 11.5 Å². The monoisotopic (exact) mass is 295 g/mol. The zero-order valence-electron chi connectivity index (χ0n) is 12.8. The Morgan fingerprint density at radius 1 is 1.05 bits per heavy atom. The van der Waals surface area contributed by atoms with E-state index in [-0.39, 0.29) is 0 Å². The maximum Gasteiger partial charge on any atom is 0.360 e. The van der Waals surface area contributed by atoms with Crippen LogP contribution in [-0.4, -0.2) is 18.1 Å². The highest BCUT2D eigenvalue weighted by Gasteiger charge is 2.15. The molecule has 2 aromatic carbocycles. The average molecular weight is 295 g/mol. The molecule has 0 aliphatic heterocycles. The third-order valence-electron chi connectivity index (χ3n) is 3.58. The van der Waals surface area contributed by atoms with Gasteiger partial charge in [-0.1, -0.05) is 18.2 Å². The van der Waals surface area contributed by atoms with E-state index in [2.05, 4.69) is 11.1 Å². The topological polar surface area (TPSA) is 51.3 Å². The number of hydrogen-bond acceptors (Lipinski definition) is 3. The molecule has 0 atom stereocenters. The molecule has 1 heterocycles. The summed E-state index contributed by atoms with van der Waals surface area (Å²) >= 11 is 0. The van der Waals surface area contributed by atoms with E-state index in [1.165, 1.54) is 0 Å². The van der Waals surface area contributed by atoms with Gasteiger partial charge in [-0.15, -0.1) is 0 Å². The molecule has 0 fully saturated rings. The Balaban J connectivity index is 1.94. The number of fused-ring (bicyclic) bond motifs is 1. The standard InChI is InChI=1S/C18H17NO3/c1-11-8-12(2)13-10-15(19-14(13)9-11)18(20)22-17-7-5-4-6-16(17)21-3/h4-10,19H,1-3H3. The number of esters is 1. The molecule has 0 unspecified atom stereocenters. The van der Waals surface area contributed by atoms with Crippen LogP contribution in [-0.2, 0) is 0 Å². The fraction of sp³-hybridized carbons (Fsp3) is 0.167. The molecule has 0 amide bonds. The molecule has 0 saturated carbocycles. The molecule has 3 aromatic rings. The number of carbonyl (C=O) groups is 1. The van der Waals surface area contributed by atoms with Gasteiger partial charge in [0.05, 0.1) is 7.11 Å². The van der Waals surface area contributed by atoms with Gasteiger partial charge in [-0.2, -0.15) is 0 Å². The van der Waals surface area contributed by atoms with E-state index >= 15 is 0 Å². The number of hydrogen-bond donors (Lipinski definition) is 1. The number of benzene rings is 2. The van der Waals surface area contributed by atoms with Crippen molar-refractivity contribution in [2.75, 3.05) is 7.11 Å².